The fourth-order valence-electron chi connectivity index (χ4n) is 2.39. The largest absolute Gasteiger partial charge is 0.481 e. The summed E-state index contributed by atoms with van der Waals surface area (Å²) in [5, 5.41) is 14.4. The van der Waals surface area contributed by atoms with Crippen molar-refractivity contribution >= 4 is 12.0 Å². The topological polar surface area (TPSA) is 104 Å². The number of nitrogens with one attached hydrogen (secondary N) is 2. The molecule has 1 aliphatic carbocycles. The summed E-state index contributed by atoms with van der Waals surface area (Å²) >= 11 is 0. The van der Waals surface area contributed by atoms with Crippen molar-refractivity contribution < 1.29 is 19.1 Å². The Morgan fingerprint density at radius 2 is 2.25 bits per heavy atom. The molecule has 0 aromatic carbocycles. The van der Waals surface area contributed by atoms with Crippen LogP contribution >= 0.6 is 0 Å². The number of aryl methyl sites for hydroxylation is 1. The van der Waals surface area contributed by atoms with Crippen molar-refractivity contribution in [3.63, 3.8) is 0 Å². The molecule has 110 valence electrons. The van der Waals surface area contributed by atoms with Crippen LogP contribution in [-0.4, -0.2) is 28.1 Å². The van der Waals surface area contributed by atoms with Crippen LogP contribution in [-0.2, 0) is 4.79 Å². The Bertz CT molecular complexity index is 500. The van der Waals surface area contributed by atoms with E-state index < -0.39 is 5.97 Å². The summed E-state index contributed by atoms with van der Waals surface area (Å²) in [4.78, 5) is 26.7. The summed E-state index contributed by atoms with van der Waals surface area (Å²) in [6.45, 7) is 3.56. The first-order valence-electron chi connectivity index (χ1n) is 6.68. The normalized spacial score (nSPS) is 23.3. The number of aromatic nitrogens is 1. The minimum atomic E-state index is -0.793. The van der Waals surface area contributed by atoms with Crippen molar-refractivity contribution in [1.29, 1.82) is 0 Å². The van der Waals surface area contributed by atoms with E-state index >= 15 is 0 Å². The molecular weight excluding hydrogens is 262 g/mol. The van der Waals surface area contributed by atoms with Gasteiger partial charge in [0.2, 0.25) is 5.89 Å². The van der Waals surface area contributed by atoms with Crippen molar-refractivity contribution in [2.45, 2.75) is 45.2 Å². The second-order valence-electron chi connectivity index (χ2n) is 5.19. The third kappa shape index (κ3) is 3.49. The van der Waals surface area contributed by atoms with Crippen molar-refractivity contribution in [1.82, 2.24) is 15.6 Å². The van der Waals surface area contributed by atoms with E-state index in [0.29, 0.717) is 30.9 Å². The van der Waals surface area contributed by atoms with E-state index in [4.69, 9.17) is 9.52 Å². The smallest absolute Gasteiger partial charge is 0.315 e. The highest BCUT2D eigenvalue weighted by Crippen LogP contribution is 2.25. The summed E-state index contributed by atoms with van der Waals surface area (Å²) in [6.07, 6.45) is 3.38. The van der Waals surface area contributed by atoms with Gasteiger partial charge in [-0.1, -0.05) is 0 Å². The first-order chi connectivity index (χ1) is 9.45. The minimum Gasteiger partial charge on any atom is -0.481 e. The van der Waals surface area contributed by atoms with Crippen molar-refractivity contribution in [3.8, 4) is 0 Å². The number of oxazole rings is 1. The molecule has 0 radical (unpaired) electrons. The second-order valence-corrected chi connectivity index (χ2v) is 5.19. The molecule has 20 heavy (non-hydrogen) atoms. The van der Waals surface area contributed by atoms with Crippen molar-refractivity contribution in [3.05, 3.63) is 17.8 Å². The van der Waals surface area contributed by atoms with Crippen LogP contribution in [0.15, 0.2) is 10.6 Å². The zero-order chi connectivity index (χ0) is 14.7. The van der Waals surface area contributed by atoms with Gasteiger partial charge in [-0.3, -0.25) is 4.79 Å². The average Bonchev–Trinajstić information content (AvgIpc) is 2.98. The molecule has 7 heteroatoms. The summed E-state index contributed by atoms with van der Waals surface area (Å²) in [5.41, 5.74) is 0. The Kier molecular flexibility index (Phi) is 4.26. The van der Waals surface area contributed by atoms with Gasteiger partial charge >= 0.3 is 12.0 Å². The lowest BCUT2D eigenvalue weighted by Gasteiger charge is -2.15. The third-order valence-corrected chi connectivity index (χ3v) is 3.47. The van der Waals surface area contributed by atoms with Crippen LogP contribution in [0.4, 0.5) is 4.79 Å². The standard InChI is InChI=1S/C13H19N3O4/c1-7-6-14-11(20-7)8(2)15-13(19)16-10-4-3-9(5-10)12(17)18/h6,8-10H,3-5H2,1-2H3,(H,17,18)(H2,15,16,19). The van der Waals surface area contributed by atoms with Crippen LogP contribution in [0.1, 0.15) is 43.9 Å². The van der Waals surface area contributed by atoms with E-state index in [0.717, 1.165) is 0 Å². The molecule has 1 heterocycles. The van der Waals surface area contributed by atoms with Crippen LogP contribution in [0.25, 0.3) is 0 Å². The van der Waals surface area contributed by atoms with Gasteiger partial charge in [-0.2, -0.15) is 0 Å². The monoisotopic (exact) mass is 281 g/mol. The van der Waals surface area contributed by atoms with Gasteiger partial charge in [0.1, 0.15) is 11.8 Å². The van der Waals surface area contributed by atoms with E-state index in [9.17, 15) is 9.59 Å². The van der Waals surface area contributed by atoms with Crippen LogP contribution in [0.2, 0.25) is 0 Å². The van der Waals surface area contributed by atoms with Gasteiger partial charge in [-0.05, 0) is 33.1 Å². The quantitative estimate of drug-likeness (QED) is 0.777. The van der Waals surface area contributed by atoms with Gasteiger partial charge in [0.25, 0.3) is 0 Å². The zero-order valence-electron chi connectivity index (χ0n) is 11.5. The Hall–Kier alpha value is -2.05. The number of carbonyl (C=O) groups excluding carboxylic acids is 1. The molecule has 1 fully saturated rings. The Morgan fingerprint density at radius 1 is 1.50 bits per heavy atom. The number of carboxylic acid groups (broad SMARTS) is 1. The molecule has 1 aromatic heterocycles. The van der Waals surface area contributed by atoms with E-state index in [-0.39, 0.29) is 24.0 Å². The van der Waals surface area contributed by atoms with E-state index in [1.807, 2.05) is 0 Å². The first-order valence-corrected chi connectivity index (χ1v) is 6.68. The SMILES string of the molecule is Cc1cnc(C(C)NC(=O)NC2CCC(C(=O)O)C2)o1. The highest BCUT2D eigenvalue weighted by atomic mass is 16.4. The molecule has 3 atom stereocenters. The fourth-order valence-corrected chi connectivity index (χ4v) is 2.39. The van der Waals surface area contributed by atoms with E-state index in [1.54, 1.807) is 20.0 Å². The molecule has 0 bridgehead atoms. The second kappa shape index (κ2) is 5.94. The summed E-state index contributed by atoms with van der Waals surface area (Å²) in [6, 6.07) is -0.751. The highest BCUT2D eigenvalue weighted by Gasteiger charge is 2.30. The van der Waals surface area contributed by atoms with Gasteiger partial charge in [-0.25, -0.2) is 9.78 Å². The van der Waals surface area contributed by atoms with E-state index in [2.05, 4.69) is 15.6 Å². The molecule has 7 nitrogen and oxygen atoms in total. The molecule has 1 aliphatic rings. The number of amides is 2. The number of hydrogen-bond acceptors (Lipinski definition) is 4. The van der Waals surface area contributed by atoms with Crippen LogP contribution in [0.5, 0.6) is 0 Å². The predicted octanol–water partition coefficient (Wildman–Crippen LogP) is 1.60. The van der Waals surface area contributed by atoms with Crippen LogP contribution < -0.4 is 10.6 Å². The minimum absolute atomic E-state index is 0.0883. The van der Waals surface area contributed by atoms with Crippen LogP contribution in [0.3, 0.4) is 0 Å². The third-order valence-electron chi connectivity index (χ3n) is 3.47. The number of rotatable bonds is 4. The Morgan fingerprint density at radius 3 is 2.80 bits per heavy atom. The van der Waals surface area contributed by atoms with Crippen LogP contribution in [0, 0.1) is 12.8 Å². The first kappa shape index (κ1) is 14.4. The zero-order valence-corrected chi connectivity index (χ0v) is 11.5. The molecule has 0 spiro atoms. The van der Waals surface area contributed by atoms with Gasteiger partial charge in [0.05, 0.1) is 12.1 Å². The lowest BCUT2D eigenvalue weighted by atomic mass is 10.1. The Labute approximate surface area is 116 Å². The molecule has 3 N–H and O–H groups in total. The summed E-state index contributed by atoms with van der Waals surface area (Å²) in [7, 11) is 0. The van der Waals surface area contributed by atoms with Gasteiger partial charge in [-0.15, -0.1) is 0 Å². The number of nitrogens with zero attached hydrogens (tertiary/aromatic N) is 1. The number of carboxylic acids is 1. The molecule has 1 aromatic rings. The number of aliphatic carboxylic acids is 1. The lowest BCUT2D eigenvalue weighted by Crippen LogP contribution is -2.42. The fraction of sp³-hybridized carbons (Fsp3) is 0.615. The summed E-state index contributed by atoms with van der Waals surface area (Å²) < 4.78 is 5.33. The summed E-state index contributed by atoms with van der Waals surface area (Å²) in [5.74, 6) is -0.00733. The molecule has 2 rings (SSSR count). The number of urea groups is 1. The van der Waals surface area contributed by atoms with Gasteiger partial charge < -0.3 is 20.2 Å². The molecule has 2 amide bonds. The molecule has 1 saturated carbocycles. The maximum atomic E-state index is 11.8. The van der Waals surface area contributed by atoms with Crippen molar-refractivity contribution in [2.75, 3.05) is 0 Å². The maximum absolute atomic E-state index is 11.8. The molecule has 3 unspecified atom stereocenters. The molecular formula is C13H19N3O4. The highest BCUT2D eigenvalue weighted by molar-refractivity contribution is 5.75. The number of carbonyl (C=O) groups is 2. The van der Waals surface area contributed by atoms with Gasteiger partial charge in [0.15, 0.2) is 0 Å². The maximum Gasteiger partial charge on any atom is 0.315 e. The number of hydrogen-bond donors (Lipinski definition) is 3. The Balaban J connectivity index is 1.80. The van der Waals surface area contributed by atoms with E-state index in [1.165, 1.54) is 0 Å². The molecule has 0 saturated heterocycles. The van der Waals surface area contributed by atoms with Gasteiger partial charge in [0, 0.05) is 6.04 Å². The molecule has 0 aliphatic heterocycles. The predicted molar refractivity (Wildman–Crippen MR) is 70.1 cm³/mol. The lowest BCUT2D eigenvalue weighted by molar-refractivity contribution is -0.141. The van der Waals surface area contributed by atoms with Crippen molar-refractivity contribution in [2.24, 2.45) is 5.92 Å². The average molecular weight is 281 g/mol.